The zero-order valence-electron chi connectivity index (χ0n) is 16.3. The summed E-state index contributed by atoms with van der Waals surface area (Å²) in [7, 11) is 0. The number of nitrogens with zero attached hydrogens (tertiary/aromatic N) is 4. The third-order valence-electron chi connectivity index (χ3n) is 6.51. The standard InChI is InChI=1S/C22H21F2N5O/c23-15-2-3-18(19(24)7-15)22(5-6-22)27-11-21(30)29-13-16-8-17(29)12-28(16)20-4-1-14(9-25)10-26-20/h1-4,7,10,16-17,27H,5-6,8,11-13H2/t16-,17-/m1/s1. The van der Waals surface area contributed by atoms with Crippen LogP contribution in [0.4, 0.5) is 14.6 Å². The maximum absolute atomic E-state index is 14.2. The Morgan fingerprint density at radius 3 is 2.67 bits per heavy atom. The minimum absolute atomic E-state index is 0.00346. The minimum Gasteiger partial charge on any atom is -0.350 e. The quantitative estimate of drug-likeness (QED) is 0.821. The van der Waals surface area contributed by atoms with E-state index in [1.807, 2.05) is 11.0 Å². The average Bonchev–Trinajstić information content (AvgIpc) is 3.25. The topological polar surface area (TPSA) is 72.3 Å². The van der Waals surface area contributed by atoms with Gasteiger partial charge in [-0.05, 0) is 37.5 Å². The predicted molar refractivity (Wildman–Crippen MR) is 105 cm³/mol. The molecule has 3 fully saturated rings. The van der Waals surface area contributed by atoms with E-state index in [1.165, 1.54) is 12.1 Å². The summed E-state index contributed by atoms with van der Waals surface area (Å²) in [5, 5.41) is 12.1. The van der Waals surface area contributed by atoms with Gasteiger partial charge >= 0.3 is 0 Å². The summed E-state index contributed by atoms with van der Waals surface area (Å²) in [6.45, 7) is 1.48. The molecule has 1 aliphatic carbocycles. The summed E-state index contributed by atoms with van der Waals surface area (Å²) in [5.74, 6) is -0.338. The van der Waals surface area contributed by atoms with Gasteiger partial charge in [-0.15, -0.1) is 0 Å². The number of carbonyl (C=O) groups excluding carboxylic acids is 1. The molecule has 1 N–H and O–H groups in total. The number of likely N-dealkylation sites (tertiary alicyclic amines) is 1. The molecule has 3 heterocycles. The van der Waals surface area contributed by atoms with Crippen LogP contribution in [0.15, 0.2) is 36.5 Å². The van der Waals surface area contributed by atoms with Crippen molar-refractivity contribution in [2.24, 2.45) is 0 Å². The van der Waals surface area contributed by atoms with Crippen molar-refractivity contribution in [3.05, 3.63) is 59.3 Å². The van der Waals surface area contributed by atoms with Crippen LogP contribution < -0.4 is 10.2 Å². The zero-order valence-corrected chi connectivity index (χ0v) is 16.3. The molecule has 1 saturated carbocycles. The Labute approximate surface area is 173 Å². The number of nitrogens with one attached hydrogen (secondary N) is 1. The van der Waals surface area contributed by atoms with Crippen LogP contribution in [0.3, 0.4) is 0 Å². The van der Waals surface area contributed by atoms with Crippen LogP contribution in [-0.2, 0) is 10.3 Å². The molecule has 0 spiro atoms. The second-order valence-electron chi connectivity index (χ2n) is 8.32. The summed E-state index contributed by atoms with van der Waals surface area (Å²) in [6, 6.07) is 9.62. The number of carbonyl (C=O) groups is 1. The SMILES string of the molecule is N#Cc1ccc(N2C[C@H]3C[C@@H]2CN3C(=O)CNC2(c3ccc(F)cc3F)CC2)nc1. The molecule has 2 aromatic rings. The van der Waals surface area contributed by atoms with Gasteiger partial charge in [-0.3, -0.25) is 10.1 Å². The second-order valence-corrected chi connectivity index (χ2v) is 8.32. The highest BCUT2D eigenvalue weighted by Gasteiger charge is 2.48. The monoisotopic (exact) mass is 409 g/mol. The van der Waals surface area contributed by atoms with Crippen molar-refractivity contribution in [3.8, 4) is 6.07 Å². The van der Waals surface area contributed by atoms with Crippen LogP contribution in [0.25, 0.3) is 0 Å². The van der Waals surface area contributed by atoms with Crippen LogP contribution in [0, 0.1) is 23.0 Å². The molecule has 30 heavy (non-hydrogen) atoms. The highest BCUT2D eigenvalue weighted by molar-refractivity contribution is 5.80. The molecule has 8 heteroatoms. The lowest BCUT2D eigenvalue weighted by Gasteiger charge is -2.35. The Morgan fingerprint density at radius 1 is 1.23 bits per heavy atom. The van der Waals surface area contributed by atoms with Gasteiger partial charge in [-0.2, -0.15) is 5.26 Å². The van der Waals surface area contributed by atoms with E-state index in [0.717, 1.165) is 31.1 Å². The van der Waals surface area contributed by atoms with Gasteiger partial charge in [0.1, 0.15) is 23.5 Å². The molecule has 1 aromatic heterocycles. The zero-order chi connectivity index (χ0) is 20.9. The number of piperazine rings is 1. The van der Waals surface area contributed by atoms with Gasteiger partial charge in [0.15, 0.2) is 0 Å². The third kappa shape index (κ3) is 3.19. The van der Waals surface area contributed by atoms with Gasteiger partial charge in [0.05, 0.1) is 24.2 Å². The fraction of sp³-hybridized carbons (Fsp3) is 0.409. The van der Waals surface area contributed by atoms with Gasteiger partial charge < -0.3 is 9.80 Å². The summed E-state index contributed by atoms with van der Waals surface area (Å²) in [6.07, 6.45) is 3.92. The molecular weight excluding hydrogens is 388 g/mol. The molecule has 1 aromatic carbocycles. The normalized spacial score (nSPS) is 23.5. The molecule has 6 nitrogen and oxygen atoms in total. The van der Waals surface area contributed by atoms with Gasteiger partial charge in [0.2, 0.25) is 5.91 Å². The highest BCUT2D eigenvalue weighted by Crippen LogP contribution is 2.46. The Morgan fingerprint density at radius 2 is 2.07 bits per heavy atom. The Kier molecular flexibility index (Phi) is 4.44. The number of benzene rings is 1. The molecule has 3 aliphatic rings. The van der Waals surface area contributed by atoms with Gasteiger partial charge in [0, 0.05) is 36.5 Å². The molecular formula is C22H21F2N5O. The number of amides is 1. The first-order chi connectivity index (χ1) is 14.5. The van der Waals surface area contributed by atoms with Crippen molar-refractivity contribution in [3.63, 3.8) is 0 Å². The van der Waals surface area contributed by atoms with E-state index in [4.69, 9.17) is 5.26 Å². The number of hydrogen-bond acceptors (Lipinski definition) is 5. The molecule has 2 atom stereocenters. The van der Waals surface area contributed by atoms with Crippen molar-refractivity contribution >= 4 is 11.7 Å². The maximum Gasteiger partial charge on any atom is 0.236 e. The average molecular weight is 409 g/mol. The van der Waals surface area contributed by atoms with Crippen molar-refractivity contribution < 1.29 is 13.6 Å². The largest absolute Gasteiger partial charge is 0.350 e. The van der Waals surface area contributed by atoms with E-state index < -0.39 is 17.2 Å². The van der Waals surface area contributed by atoms with Crippen molar-refractivity contribution in [2.75, 3.05) is 24.5 Å². The Bertz CT molecular complexity index is 1030. The second kappa shape index (κ2) is 7.03. The van der Waals surface area contributed by atoms with Crippen LogP contribution in [0.1, 0.15) is 30.4 Å². The summed E-state index contributed by atoms with van der Waals surface area (Å²) >= 11 is 0. The molecule has 0 unspecified atom stereocenters. The molecule has 1 amide bonds. The predicted octanol–water partition coefficient (Wildman–Crippen LogP) is 2.30. The number of nitriles is 1. The summed E-state index contributed by atoms with van der Waals surface area (Å²) in [5.41, 5.74) is 0.389. The van der Waals surface area contributed by atoms with E-state index in [2.05, 4.69) is 21.3 Å². The number of pyridine rings is 1. The number of fused-ring (bicyclic) bond motifs is 2. The lowest BCUT2D eigenvalue weighted by Crippen LogP contribution is -2.52. The maximum atomic E-state index is 14.2. The highest BCUT2D eigenvalue weighted by atomic mass is 19.1. The van der Waals surface area contributed by atoms with E-state index in [-0.39, 0.29) is 24.5 Å². The van der Waals surface area contributed by atoms with Crippen LogP contribution in [0.5, 0.6) is 0 Å². The number of aromatic nitrogens is 1. The lowest BCUT2D eigenvalue weighted by molar-refractivity contribution is -0.131. The number of hydrogen-bond donors (Lipinski definition) is 1. The summed E-state index contributed by atoms with van der Waals surface area (Å²) < 4.78 is 27.4. The smallest absolute Gasteiger partial charge is 0.236 e. The number of rotatable bonds is 5. The summed E-state index contributed by atoms with van der Waals surface area (Å²) in [4.78, 5) is 21.3. The van der Waals surface area contributed by atoms with E-state index >= 15 is 0 Å². The van der Waals surface area contributed by atoms with Gasteiger partial charge in [0.25, 0.3) is 0 Å². The molecule has 2 aliphatic heterocycles. The molecule has 5 rings (SSSR count). The van der Waals surface area contributed by atoms with Gasteiger partial charge in [-0.1, -0.05) is 6.07 Å². The van der Waals surface area contributed by atoms with Crippen molar-refractivity contribution in [1.82, 2.24) is 15.2 Å². The van der Waals surface area contributed by atoms with Crippen LogP contribution in [-0.4, -0.2) is 47.5 Å². The van der Waals surface area contributed by atoms with Crippen LogP contribution in [0.2, 0.25) is 0 Å². The molecule has 0 radical (unpaired) electrons. The number of anilines is 1. The molecule has 2 saturated heterocycles. The Balaban J connectivity index is 1.20. The van der Waals surface area contributed by atoms with Crippen molar-refractivity contribution in [1.29, 1.82) is 5.26 Å². The molecule has 2 bridgehead atoms. The first-order valence-corrected chi connectivity index (χ1v) is 10.1. The lowest BCUT2D eigenvalue weighted by atomic mass is 10.0. The fourth-order valence-corrected chi connectivity index (χ4v) is 4.77. The van der Waals surface area contributed by atoms with Gasteiger partial charge in [-0.25, -0.2) is 13.8 Å². The number of halogens is 2. The first kappa shape index (κ1) is 18.9. The fourth-order valence-electron chi connectivity index (χ4n) is 4.77. The minimum atomic E-state index is -0.600. The van der Waals surface area contributed by atoms with Crippen LogP contribution >= 0.6 is 0 Å². The van der Waals surface area contributed by atoms with Crippen molar-refractivity contribution in [2.45, 2.75) is 36.9 Å². The Hall–Kier alpha value is -3.05. The molecule has 154 valence electrons. The first-order valence-electron chi connectivity index (χ1n) is 10.1. The van der Waals surface area contributed by atoms with E-state index in [0.29, 0.717) is 24.2 Å². The van der Waals surface area contributed by atoms with E-state index in [1.54, 1.807) is 12.3 Å². The third-order valence-corrected chi connectivity index (χ3v) is 6.51. The van der Waals surface area contributed by atoms with E-state index in [9.17, 15) is 13.6 Å².